The number of likely N-dealkylation sites (tertiary alicyclic amines) is 1. The number of amides is 1. The summed E-state index contributed by atoms with van der Waals surface area (Å²) >= 11 is 0. The highest BCUT2D eigenvalue weighted by Crippen LogP contribution is 2.19. The Morgan fingerprint density at radius 3 is 3.00 bits per heavy atom. The van der Waals surface area contributed by atoms with E-state index in [-0.39, 0.29) is 5.91 Å². The van der Waals surface area contributed by atoms with Crippen LogP contribution >= 0.6 is 0 Å². The molecule has 2 heterocycles. The summed E-state index contributed by atoms with van der Waals surface area (Å²) in [7, 11) is 1.81. The van der Waals surface area contributed by atoms with Crippen LogP contribution in [-0.2, 0) is 11.3 Å². The molecule has 1 atom stereocenters. The molecule has 1 saturated heterocycles. The Kier molecular flexibility index (Phi) is 7.08. The number of hydrogen-bond donors (Lipinski definition) is 2. The first kappa shape index (κ1) is 18.3. The Hall–Kier alpha value is -2.05. The van der Waals surface area contributed by atoms with Crippen LogP contribution in [-0.4, -0.2) is 53.0 Å². The molecule has 0 aliphatic carbocycles. The number of carbonyl (C=O) groups excluding carboxylic acids is 1. The minimum atomic E-state index is -0.209. The van der Waals surface area contributed by atoms with Crippen molar-refractivity contribution in [1.82, 2.24) is 19.8 Å². The van der Waals surface area contributed by atoms with Crippen LogP contribution < -0.4 is 11.1 Å². The molecule has 7 heteroatoms. The fourth-order valence-corrected chi connectivity index (χ4v) is 3.29. The second-order valence-electron chi connectivity index (χ2n) is 6.47. The van der Waals surface area contributed by atoms with Gasteiger partial charge in [0.25, 0.3) is 0 Å². The van der Waals surface area contributed by atoms with E-state index < -0.39 is 0 Å². The van der Waals surface area contributed by atoms with Crippen LogP contribution in [0, 0.1) is 12.8 Å². The molecule has 0 saturated carbocycles. The Labute approximate surface area is 144 Å². The van der Waals surface area contributed by atoms with Gasteiger partial charge in [-0.3, -0.25) is 9.79 Å². The lowest BCUT2D eigenvalue weighted by Crippen LogP contribution is -2.47. The minimum Gasteiger partial charge on any atom is -0.370 e. The second kappa shape index (κ2) is 9.30. The minimum absolute atomic E-state index is 0.209. The normalized spacial score (nSPS) is 18.7. The van der Waals surface area contributed by atoms with Crippen molar-refractivity contribution in [1.29, 1.82) is 0 Å². The van der Waals surface area contributed by atoms with Gasteiger partial charge in [0.05, 0.1) is 0 Å². The van der Waals surface area contributed by atoms with Crippen LogP contribution in [0.3, 0.4) is 0 Å². The molecule has 0 radical (unpaired) electrons. The third-order valence-corrected chi connectivity index (χ3v) is 4.55. The Morgan fingerprint density at radius 1 is 1.50 bits per heavy atom. The van der Waals surface area contributed by atoms with Crippen molar-refractivity contribution in [3.63, 3.8) is 0 Å². The van der Waals surface area contributed by atoms with E-state index in [1.807, 2.05) is 26.4 Å². The van der Waals surface area contributed by atoms with Gasteiger partial charge in [-0.15, -0.1) is 0 Å². The Bertz CT molecular complexity index is 553. The van der Waals surface area contributed by atoms with Crippen molar-refractivity contribution in [2.24, 2.45) is 16.6 Å². The molecule has 1 aliphatic heterocycles. The molecule has 24 heavy (non-hydrogen) atoms. The van der Waals surface area contributed by atoms with Crippen LogP contribution in [0.4, 0.5) is 0 Å². The maximum absolute atomic E-state index is 11.1. The molecule has 3 N–H and O–H groups in total. The third kappa shape index (κ3) is 5.54. The molecule has 0 bridgehead atoms. The number of primary amides is 1. The van der Waals surface area contributed by atoms with Crippen LogP contribution in [0.15, 0.2) is 17.4 Å². The standard InChI is InChI=1S/C17H30N6O/c1-14-20-8-11-22(14)9-4-3-7-21-17(19-2)23-10-5-6-15(13-23)12-16(18)24/h8,11,15H,3-7,9-10,12-13H2,1-2H3,(H2,18,24)(H,19,21). The first-order valence-electron chi connectivity index (χ1n) is 8.81. The Morgan fingerprint density at radius 2 is 2.33 bits per heavy atom. The van der Waals surface area contributed by atoms with Crippen LogP contribution in [0.5, 0.6) is 0 Å². The molecule has 1 amide bonds. The second-order valence-corrected chi connectivity index (χ2v) is 6.47. The van der Waals surface area contributed by atoms with Gasteiger partial charge in [-0.1, -0.05) is 0 Å². The maximum Gasteiger partial charge on any atom is 0.217 e. The van der Waals surface area contributed by atoms with Gasteiger partial charge < -0.3 is 20.5 Å². The van der Waals surface area contributed by atoms with E-state index in [0.717, 1.165) is 63.6 Å². The number of guanidine groups is 1. The van der Waals surface area contributed by atoms with E-state index in [1.165, 1.54) is 0 Å². The fraction of sp³-hybridized carbons (Fsp3) is 0.706. The molecule has 0 aromatic carbocycles. The van der Waals surface area contributed by atoms with Crippen molar-refractivity contribution in [2.45, 2.75) is 45.6 Å². The molecule has 2 rings (SSSR count). The van der Waals surface area contributed by atoms with E-state index >= 15 is 0 Å². The zero-order chi connectivity index (χ0) is 17.4. The van der Waals surface area contributed by atoms with E-state index in [1.54, 1.807) is 0 Å². The van der Waals surface area contributed by atoms with Crippen molar-refractivity contribution < 1.29 is 4.79 Å². The zero-order valence-corrected chi connectivity index (χ0v) is 14.9. The molecular formula is C17H30N6O. The monoisotopic (exact) mass is 334 g/mol. The van der Waals surface area contributed by atoms with Gasteiger partial charge in [0, 0.05) is 52.0 Å². The number of hydrogen-bond acceptors (Lipinski definition) is 3. The number of unbranched alkanes of at least 4 members (excludes halogenated alkanes) is 1. The number of carbonyl (C=O) groups is 1. The number of piperidine rings is 1. The molecule has 1 fully saturated rings. The number of rotatable bonds is 7. The summed E-state index contributed by atoms with van der Waals surface area (Å²) < 4.78 is 2.17. The molecule has 7 nitrogen and oxygen atoms in total. The SMILES string of the molecule is CN=C(NCCCCn1ccnc1C)N1CCCC(CC(N)=O)C1. The van der Waals surface area contributed by atoms with Gasteiger partial charge in [0.15, 0.2) is 5.96 Å². The van der Waals surface area contributed by atoms with Crippen molar-refractivity contribution >= 4 is 11.9 Å². The third-order valence-electron chi connectivity index (χ3n) is 4.55. The molecule has 1 aliphatic rings. The van der Waals surface area contributed by atoms with Crippen LogP contribution in [0.25, 0.3) is 0 Å². The molecular weight excluding hydrogens is 304 g/mol. The van der Waals surface area contributed by atoms with Gasteiger partial charge in [-0.2, -0.15) is 0 Å². The zero-order valence-electron chi connectivity index (χ0n) is 14.9. The van der Waals surface area contributed by atoms with E-state index in [4.69, 9.17) is 5.73 Å². The average molecular weight is 334 g/mol. The lowest BCUT2D eigenvalue weighted by atomic mass is 9.95. The number of nitrogens with zero attached hydrogens (tertiary/aromatic N) is 4. The fourth-order valence-electron chi connectivity index (χ4n) is 3.29. The van der Waals surface area contributed by atoms with Crippen LogP contribution in [0.1, 0.15) is 37.9 Å². The van der Waals surface area contributed by atoms with E-state index in [2.05, 4.69) is 24.8 Å². The number of nitrogens with two attached hydrogens (primary N) is 1. The number of nitrogens with one attached hydrogen (secondary N) is 1. The highest BCUT2D eigenvalue weighted by molar-refractivity contribution is 5.80. The first-order chi connectivity index (χ1) is 11.6. The predicted octanol–water partition coefficient (Wildman–Crippen LogP) is 1.13. The lowest BCUT2D eigenvalue weighted by Gasteiger charge is -2.34. The molecule has 1 unspecified atom stereocenters. The van der Waals surface area contributed by atoms with Gasteiger partial charge in [-0.25, -0.2) is 4.98 Å². The average Bonchev–Trinajstić information content (AvgIpc) is 2.96. The smallest absolute Gasteiger partial charge is 0.217 e. The quantitative estimate of drug-likeness (QED) is 0.444. The van der Waals surface area contributed by atoms with Gasteiger partial charge in [0.2, 0.25) is 5.91 Å². The van der Waals surface area contributed by atoms with Gasteiger partial charge in [0.1, 0.15) is 5.82 Å². The molecule has 1 aromatic rings. The number of aromatic nitrogens is 2. The summed E-state index contributed by atoms with van der Waals surface area (Å²) in [6.45, 7) is 5.77. The topological polar surface area (TPSA) is 88.5 Å². The number of imidazole rings is 1. The van der Waals surface area contributed by atoms with Crippen LogP contribution in [0.2, 0.25) is 0 Å². The van der Waals surface area contributed by atoms with E-state index in [9.17, 15) is 4.79 Å². The van der Waals surface area contributed by atoms with Gasteiger partial charge >= 0.3 is 0 Å². The molecule has 1 aromatic heterocycles. The summed E-state index contributed by atoms with van der Waals surface area (Å²) in [4.78, 5) is 22.0. The highest BCUT2D eigenvalue weighted by Gasteiger charge is 2.23. The predicted molar refractivity (Wildman–Crippen MR) is 95.7 cm³/mol. The summed E-state index contributed by atoms with van der Waals surface area (Å²) in [5.41, 5.74) is 5.33. The summed E-state index contributed by atoms with van der Waals surface area (Å²) in [5, 5.41) is 3.44. The number of aliphatic imine (C=N–C) groups is 1. The largest absolute Gasteiger partial charge is 0.370 e. The first-order valence-corrected chi connectivity index (χ1v) is 8.81. The summed E-state index contributed by atoms with van der Waals surface area (Å²) in [5.74, 6) is 2.13. The summed E-state index contributed by atoms with van der Waals surface area (Å²) in [6.07, 6.45) is 8.67. The van der Waals surface area contributed by atoms with Gasteiger partial charge in [-0.05, 0) is 38.5 Å². The van der Waals surface area contributed by atoms with Crippen molar-refractivity contribution in [3.05, 3.63) is 18.2 Å². The molecule has 0 spiro atoms. The molecule has 134 valence electrons. The Balaban J connectivity index is 1.70. The summed E-state index contributed by atoms with van der Waals surface area (Å²) in [6, 6.07) is 0. The number of aryl methyl sites for hydroxylation is 2. The van der Waals surface area contributed by atoms with Crippen molar-refractivity contribution in [2.75, 3.05) is 26.7 Å². The highest BCUT2D eigenvalue weighted by atomic mass is 16.1. The van der Waals surface area contributed by atoms with E-state index in [0.29, 0.717) is 12.3 Å². The maximum atomic E-state index is 11.1. The van der Waals surface area contributed by atoms with Crippen molar-refractivity contribution in [3.8, 4) is 0 Å². The lowest BCUT2D eigenvalue weighted by molar-refractivity contribution is -0.119.